The molecular formula is C15H24FNS. The van der Waals surface area contributed by atoms with E-state index in [0.717, 1.165) is 35.5 Å². The van der Waals surface area contributed by atoms with Crippen LogP contribution >= 0.6 is 11.8 Å². The van der Waals surface area contributed by atoms with E-state index in [9.17, 15) is 4.39 Å². The lowest BCUT2D eigenvalue weighted by Gasteiger charge is -2.10. The van der Waals surface area contributed by atoms with E-state index in [0.29, 0.717) is 5.92 Å². The lowest BCUT2D eigenvalue weighted by molar-refractivity contribution is 0.591. The zero-order valence-corrected chi connectivity index (χ0v) is 12.4. The van der Waals surface area contributed by atoms with Gasteiger partial charge in [-0.25, -0.2) is 4.39 Å². The summed E-state index contributed by atoms with van der Waals surface area (Å²) in [7, 11) is 0. The number of hydrogen-bond donors (Lipinski definition) is 1. The van der Waals surface area contributed by atoms with E-state index < -0.39 is 0 Å². The Morgan fingerprint density at radius 2 is 2.06 bits per heavy atom. The summed E-state index contributed by atoms with van der Waals surface area (Å²) < 4.78 is 13.9. The minimum atomic E-state index is -0.107. The molecule has 0 aliphatic rings. The monoisotopic (exact) mass is 269 g/mol. The van der Waals surface area contributed by atoms with Crippen LogP contribution < -0.4 is 5.73 Å². The van der Waals surface area contributed by atoms with E-state index >= 15 is 0 Å². The molecule has 0 saturated heterocycles. The molecule has 0 spiro atoms. The van der Waals surface area contributed by atoms with Crippen LogP contribution in [0.5, 0.6) is 0 Å². The molecule has 0 radical (unpaired) electrons. The summed E-state index contributed by atoms with van der Waals surface area (Å²) in [6.07, 6.45) is 2.80. The maximum absolute atomic E-state index is 13.9. The first-order valence-electron chi connectivity index (χ1n) is 6.69. The van der Waals surface area contributed by atoms with Crippen molar-refractivity contribution in [3.8, 4) is 0 Å². The van der Waals surface area contributed by atoms with Crippen LogP contribution in [-0.4, -0.2) is 11.8 Å². The van der Waals surface area contributed by atoms with Crippen molar-refractivity contribution in [3.05, 3.63) is 29.6 Å². The summed E-state index contributed by atoms with van der Waals surface area (Å²) in [6, 6.07) is 5.64. The van der Waals surface area contributed by atoms with Gasteiger partial charge in [-0.15, -0.1) is 11.8 Å². The Balaban J connectivity index is 2.56. The summed E-state index contributed by atoms with van der Waals surface area (Å²) >= 11 is 1.60. The molecule has 0 heterocycles. The van der Waals surface area contributed by atoms with Crippen molar-refractivity contribution < 1.29 is 4.39 Å². The van der Waals surface area contributed by atoms with Gasteiger partial charge in [0.1, 0.15) is 5.82 Å². The SMILES string of the molecule is CCC(N)Cc1ccc(SCCC(C)C)c(F)c1. The van der Waals surface area contributed by atoms with Gasteiger partial charge in [-0.1, -0.05) is 26.8 Å². The van der Waals surface area contributed by atoms with Gasteiger partial charge in [-0.05, 0) is 48.6 Å². The normalized spacial score (nSPS) is 13.0. The average molecular weight is 269 g/mol. The zero-order chi connectivity index (χ0) is 13.5. The number of nitrogens with two attached hydrogens (primary N) is 1. The quantitative estimate of drug-likeness (QED) is 0.749. The molecule has 3 heteroatoms. The Labute approximate surface area is 114 Å². The van der Waals surface area contributed by atoms with Crippen molar-refractivity contribution >= 4 is 11.8 Å². The van der Waals surface area contributed by atoms with Crippen LogP contribution in [0.15, 0.2) is 23.1 Å². The van der Waals surface area contributed by atoms with Gasteiger partial charge in [0, 0.05) is 10.9 Å². The molecule has 0 saturated carbocycles. The third kappa shape index (κ3) is 5.40. The van der Waals surface area contributed by atoms with Crippen LogP contribution in [0, 0.1) is 11.7 Å². The lowest BCUT2D eigenvalue weighted by atomic mass is 10.0. The Kier molecular flexibility index (Phi) is 6.72. The van der Waals surface area contributed by atoms with Crippen LogP contribution in [0.1, 0.15) is 39.2 Å². The van der Waals surface area contributed by atoms with Crippen molar-refractivity contribution in [2.45, 2.75) is 51.0 Å². The molecule has 0 bridgehead atoms. The molecular weight excluding hydrogens is 245 g/mol. The van der Waals surface area contributed by atoms with Crippen molar-refractivity contribution in [3.63, 3.8) is 0 Å². The molecule has 0 aromatic heterocycles. The van der Waals surface area contributed by atoms with E-state index in [2.05, 4.69) is 20.8 Å². The zero-order valence-electron chi connectivity index (χ0n) is 11.6. The number of rotatable bonds is 7. The van der Waals surface area contributed by atoms with Gasteiger partial charge < -0.3 is 5.73 Å². The predicted molar refractivity (Wildman–Crippen MR) is 78.5 cm³/mol. The van der Waals surface area contributed by atoms with E-state index in [1.54, 1.807) is 17.8 Å². The van der Waals surface area contributed by atoms with Crippen molar-refractivity contribution in [1.29, 1.82) is 0 Å². The minimum Gasteiger partial charge on any atom is -0.327 e. The highest BCUT2D eigenvalue weighted by Crippen LogP contribution is 2.24. The molecule has 2 N–H and O–H groups in total. The first-order chi connectivity index (χ1) is 8.52. The molecule has 1 aromatic rings. The van der Waals surface area contributed by atoms with Gasteiger partial charge >= 0.3 is 0 Å². The topological polar surface area (TPSA) is 26.0 Å². The third-order valence-corrected chi connectivity index (χ3v) is 4.05. The van der Waals surface area contributed by atoms with Crippen LogP contribution in [0.25, 0.3) is 0 Å². The molecule has 102 valence electrons. The fourth-order valence-electron chi connectivity index (χ4n) is 1.64. The summed E-state index contributed by atoms with van der Waals surface area (Å²) in [5.41, 5.74) is 6.87. The first-order valence-corrected chi connectivity index (χ1v) is 7.68. The maximum Gasteiger partial charge on any atom is 0.137 e. The Morgan fingerprint density at radius 1 is 1.33 bits per heavy atom. The number of hydrogen-bond acceptors (Lipinski definition) is 2. The molecule has 18 heavy (non-hydrogen) atoms. The standard InChI is InChI=1S/C15H24FNS/c1-4-13(17)9-12-5-6-15(14(16)10-12)18-8-7-11(2)3/h5-6,10-11,13H,4,7-9,17H2,1-3H3. The van der Waals surface area contributed by atoms with Crippen LogP contribution in [0.4, 0.5) is 4.39 Å². The van der Waals surface area contributed by atoms with Gasteiger partial charge in [-0.2, -0.15) is 0 Å². The largest absolute Gasteiger partial charge is 0.327 e. The van der Waals surface area contributed by atoms with Crippen LogP contribution in [-0.2, 0) is 6.42 Å². The van der Waals surface area contributed by atoms with E-state index in [-0.39, 0.29) is 11.9 Å². The lowest BCUT2D eigenvalue weighted by Crippen LogP contribution is -2.21. The fourth-order valence-corrected chi connectivity index (χ4v) is 2.81. The average Bonchev–Trinajstić information content (AvgIpc) is 2.31. The second-order valence-electron chi connectivity index (χ2n) is 5.17. The first kappa shape index (κ1) is 15.5. The molecule has 1 aromatic carbocycles. The van der Waals surface area contributed by atoms with Crippen LogP contribution in [0.3, 0.4) is 0 Å². The molecule has 0 fully saturated rings. The van der Waals surface area contributed by atoms with Crippen molar-refractivity contribution in [2.24, 2.45) is 11.7 Å². The minimum absolute atomic E-state index is 0.107. The van der Waals surface area contributed by atoms with Crippen molar-refractivity contribution in [1.82, 2.24) is 0 Å². The van der Waals surface area contributed by atoms with Crippen molar-refractivity contribution in [2.75, 3.05) is 5.75 Å². The third-order valence-electron chi connectivity index (χ3n) is 2.97. The van der Waals surface area contributed by atoms with E-state index in [1.807, 2.05) is 12.1 Å². The maximum atomic E-state index is 13.9. The van der Waals surface area contributed by atoms with E-state index in [4.69, 9.17) is 5.73 Å². The fraction of sp³-hybridized carbons (Fsp3) is 0.600. The molecule has 0 aliphatic heterocycles. The summed E-state index contributed by atoms with van der Waals surface area (Å²) in [4.78, 5) is 0.754. The molecule has 0 amide bonds. The summed E-state index contributed by atoms with van der Waals surface area (Å²) in [5.74, 6) is 1.54. The summed E-state index contributed by atoms with van der Waals surface area (Å²) in [5, 5.41) is 0. The Bertz CT molecular complexity index is 366. The highest BCUT2D eigenvalue weighted by molar-refractivity contribution is 7.99. The van der Waals surface area contributed by atoms with Gasteiger partial charge in [0.05, 0.1) is 0 Å². The van der Waals surface area contributed by atoms with E-state index in [1.165, 1.54) is 0 Å². The molecule has 1 nitrogen and oxygen atoms in total. The second kappa shape index (κ2) is 7.80. The molecule has 1 atom stereocenters. The van der Waals surface area contributed by atoms with Gasteiger partial charge in [0.25, 0.3) is 0 Å². The Hall–Kier alpha value is -0.540. The number of thioether (sulfide) groups is 1. The van der Waals surface area contributed by atoms with Gasteiger partial charge in [0.2, 0.25) is 0 Å². The molecule has 0 aliphatic carbocycles. The molecule has 1 rings (SSSR count). The highest BCUT2D eigenvalue weighted by atomic mass is 32.2. The second-order valence-corrected chi connectivity index (χ2v) is 6.30. The highest BCUT2D eigenvalue weighted by Gasteiger charge is 2.07. The Morgan fingerprint density at radius 3 is 2.61 bits per heavy atom. The molecule has 1 unspecified atom stereocenters. The predicted octanol–water partition coefficient (Wildman–Crippen LogP) is 4.24. The van der Waals surface area contributed by atoms with Gasteiger partial charge in [0.15, 0.2) is 0 Å². The van der Waals surface area contributed by atoms with Gasteiger partial charge in [-0.3, -0.25) is 0 Å². The summed E-state index contributed by atoms with van der Waals surface area (Å²) in [6.45, 7) is 6.43. The number of benzene rings is 1. The smallest absolute Gasteiger partial charge is 0.137 e. The number of halogens is 1. The van der Waals surface area contributed by atoms with Crippen LogP contribution in [0.2, 0.25) is 0 Å².